The van der Waals surface area contributed by atoms with E-state index in [0.717, 1.165) is 36.1 Å². The lowest BCUT2D eigenvalue weighted by molar-refractivity contribution is -0.139. The largest absolute Gasteiger partial charge is 0.422 e. The third-order valence-corrected chi connectivity index (χ3v) is 5.97. The van der Waals surface area contributed by atoms with E-state index in [9.17, 15) is 40.7 Å². The van der Waals surface area contributed by atoms with Crippen molar-refractivity contribution < 1.29 is 35.9 Å². The number of rotatable bonds is 4. The number of aromatic amines is 1. The van der Waals surface area contributed by atoms with Crippen molar-refractivity contribution >= 4 is 17.5 Å². The summed E-state index contributed by atoms with van der Waals surface area (Å²) in [6.07, 6.45) is -5.15. The Labute approximate surface area is 205 Å². The minimum Gasteiger partial charge on any atom is -0.327 e. The van der Waals surface area contributed by atoms with Crippen LogP contribution in [0, 0.1) is 24.4 Å². The molecule has 1 fully saturated rings. The molecule has 1 saturated heterocycles. The number of hydrogen-bond donors (Lipinski definition) is 1. The van der Waals surface area contributed by atoms with Crippen LogP contribution in [0.1, 0.15) is 32.7 Å². The van der Waals surface area contributed by atoms with Crippen LogP contribution in [-0.2, 0) is 17.4 Å². The van der Waals surface area contributed by atoms with E-state index in [1.807, 2.05) is 0 Å². The number of nitrogens with zero attached hydrogens (tertiary/aromatic N) is 3. The molecule has 0 radical (unpaired) electrons. The van der Waals surface area contributed by atoms with Crippen molar-refractivity contribution in [3.8, 4) is 0 Å². The van der Waals surface area contributed by atoms with Crippen molar-refractivity contribution in [1.82, 2.24) is 15.1 Å². The topological polar surface area (TPSA) is 86.4 Å². The lowest BCUT2D eigenvalue weighted by Crippen LogP contribution is -2.52. The summed E-state index contributed by atoms with van der Waals surface area (Å²) in [5.74, 6) is -4.57. The van der Waals surface area contributed by atoms with E-state index in [2.05, 4.69) is 5.10 Å². The van der Waals surface area contributed by atoms with Crippen LogP contribution in [0.2, 0.25) is 0 Å². The highest BCUT2D eigenvalue weighted by molar-refractivity contribution is 6.01. The van der Waals surface area contributed by atoms with Gasteiger partial charge >= 0.3 is 6.18 Å². The van der Waals surface area contributed by atoms with Crippen molar-refractivity contribution in [2.45, 2.75) is 19.5 Å². The summed E-state index contributed by atoms with van der Waals surface area (Å²) < 4.78 is 81.1. The minimum atomic E-state index is -4.91. The molecule has 194 valence electrons. The van der Waals surface area contributed by atoms with Crippen LogP contribution in [-0.4, -0.2) is 46.5 Å². The number of alkyl halides is 3. The molecule has 0 atom stereocenters. The zero-order chi connectivity index (χ0) is 27.1. The molecule has 1 aliphatic heterocycles. The summed E-state index contributed by atoms with van der Waals surface area (Å²) in [5.41, 5.74) is -3.37. The Morgan fingerprint density at radius 2 is 1.70 bits per heavy atom. The van der Waals surface area contributed by atoms with E-state index in [4.69, 9.17) is 0 Å². The molecule has 0 aliphatic carbocycles. The minimum absolute atomic E-state index is 0.0389. The van der Waals surface area contributed by atoms with Gasteiger partial charge in [-0.25, -0.2) is 18.3 Å². The van der Waals surface area contributed by atoms with Gasteiger partial charge in [-0.15, -0.1) is 0 Å². The standard InChI is InChI=1S/C24H18F6N4O3/c1-12-19(31-32-22(36)21(12)24(28,29)30)9-13-2-4-16(25)15(8-13)23(37)33-6-7-34(20(35)11-33)14-3-5-17(26)18(27)10-14/h2-5,8,10H,6-7,9,11H2,1H3,(H,32,36). The molecule has 0 spiro atoms. The Kier molecular flexibility index (Phi) is 6.80. The summed E-state index contributed by atoms with van der Waals surface area (Å²) in [4.78, 5) is 39.5. The zero-order valence-electron chi connectivity index (χ0n) is 19.1. The maximum Gasteiger partial charge on any atom is 0.422 e. The van der Waals surface area contributed by atoms with Crippen LogP contribution in [0.5, 0.6) is 0 Å². The quantitative estimate of drug-likeness (QED) is 0.529. The van der Waals surface area contributed by atoms with Crippen LogP contribution in [0.4, 0.5) is 32.0 Å². The average Bonchev–Trinajstić information content (AvgIpc) is 2.82. The highest BCUT2D eigenvalue weighted by atomic mass is 19.4. The van der Waals surface area contributed by atoms with Gasteiger partial charge in [0.25, 0.3) is 11.5 Å². The van der Waals surface area contributed by atoms with Gasteiger partial charge in [0.05, 0.1) is 11.3 Å². The Bertz CT molecular complexity index is 1450. The molecule has 2 amide bonds. The third-order valence-electron chi connectivity index (χ3n) is 5.97. The zero-order valence-corrected chi connectivity index (χ0v) is 19.1. The van der Waals surface area contributed by atoms with Crippen LogP contribution < -0.4 is 10.5 Å². The maximum atomic E-state index is 14.6. The van der Waals surface area contributed by atoms with Crippen molar-refractivity contribution in [3.63, 3.8) is 0 Å². The summed E-state index contributed by atoms with van der Waals surface area (Å²) in [7, 11) is 0. The molecule has 1 aliphatic rings. The lowest BCUT2D eigenvalue weighted by atomic mass is 10.0. The van der Waals surface area contributed by atoms with Gasteiger partial charge in [0, 0.05) is 31.3 Å². The number of hydrogen-bond acceptors (Lipinski definition) is 4. The fourth-order valence-electron chi connectivity index (χ4n) is 4.07. The first-order valence-electron chi connectivity index (χ1n) is 10.8. The number of halogens is 6. The number of nitrogens with one attached hydrogen (secondary N) is 1. The number of anilines is 1. The molecular formula is C24H18F6N4O3. The fraction of sp³-hybridized carbons (Fsp3) is 0.250. The van der Waals surface area contributed by atoms with E-state index in [1.165, 1.54) is 17.0 Å². The highest BCUT2D eigenvalue weighted by Gasteiger charge is 2.37. The summed E-state index contributed by atoms with van der Waals surface area (Å²) >= 11 is 0. The van der Waals surface area contributed by atoms with Gasteiger partial charge in [0.15, 0.2) is 11.6 Å². The first-order chi connectivity index (χ1) is 17.4. The second kappa shape index (κ2) is 9.71. The van der Waals surface area contributed by atoms with Crippen LogP contribution in [0.3, 0.4) is 0 Å². The summed E-state index contributed by atoms with van der Waals surface area (Å²) in [5, 5.41) is 5.47. The number of amides is 2. The van der Waals surface area contributed by atoms with E-state index in [0.29, 0.717) is 0 Å². The predicted molar refractivity (Wildman–Crippen MR) is 118 cm³/mol. The van der Waals surface area contributed by atoms with Gasteiger partial charge < -0.3 is 9.80 Å². The van der Waals surface area contributed by atoms with E-state index in [1.54, 1.807) is 5.10 Å². The van der Waals surface area contributed by atoms with Crippen LogP contribution in [0.25, 0.3) is 0 Å². The molecule has 0 unspecified atom stereocenters. The molecular weight excluding hydrogens is 506 g/mol. The Balaban J connectivity index is 1.54. The normalized spacial score (nSPS) is 14.3. The molecule has 37 heavy (non-hydrogen) atoms. The van der Waals surface area contributed by atoms with Gasteiger partial charge in [-0.05, 0) is 42.3 Å². The van der Waals surface area contributed by atoms with Crippen LogP contribution >= 0.6 is 0 Å². The van der Waals surface area contributed by atoms with Crippen molar-refractivity contribution in [2.24, 2.45) is 0 Å². The molecule has 2 aromatic carbocycles. The van der Waals surface area contributed by atoms with Gasteiger partial charge in [-0.2, -0.15) is 18.3 Å². The predicted octanol–water partition coefficient (Wildman–Crippen LogP) is 3.59. The third kappa shape index (κ3) is 5.20. The van der Waals surface area contributed by atoms with Gasteiger partial charge in [-0.3, -0.25) is 14.4 Å². The monoisotopic (exact) mass is 524 g/mol. The summed E-state index contributed by atoms with van der Waals surface area (Å²) in [6, 6.07) is 6.31. The smallest absolute Gasteiger partial charge is 0.327 e. The van der Waals surface area contributed by atoms with Gasteiger partial charge in [0.2, 0.25) is 5.91 Å². The molecule has 0 bridgehead atoms. The molecule has 13 heteroatoms. The number of benzene rings is 2. The number of carbonyl (C=O) groups is 2. The number of H-pyrrole nitrogens is 1. The molecule has 4 rings (SSSR count). The van der Waals surface area contributed by atoms with Gasteiger partial charge in [0.1, 0.15) is 17.9 Å². The molecule has 7 nitrogen and oxygen atoms in total. The molecule has 0 saturated carbocycles. The maximum absolute atomic E-state index is 14.6. The fourth-order valence-corrected chi connectivity index (χ4v) is 4.07. The number of piperazine rings is 1. The van der Waals surface area contributed by atoms with Crippen LogP contribution in [0.15, 0.2) is 41.2 Å². The van der Waals surface area contributed by atoms with E-state index in [-0.39, 0.29) is 36.5 Å². The lowest BCUT2D eigenvalue weighted by Gasteiger charge is -2.34. The Morgan fingerprint density at radius 3 is 2.35 bits per heavy atom. The van der Waals surface area contributed by atoms with Crippen molar-refractivity contribution in [2.75, 3.05) is 24.5 Å². The SMILES string of the molecule is Cc1c(Cc2ccc(F)c(C(=O)N3CCN(c4ccc(F)c(F)c4)C(=O)C3)c2)n[nH]c(=O)c1C(F)(F)F. The van der Waals surface area contributed by atoms with E-state index < -0.39 is 64.2 Å². The second-order valence-corrected chi connectivity index (χ2v) is 8.36. The Hall–Kier alpha value is -4.16. The summed E-state index contributed by atoms with van der Waals surface area (Å²) in [6.45, 7) is 0.533. The molecule has 1 N–H and O–H groups in total. The Morgan fingerprint density at radius 1 is 1.00 bits per heavy atom. The number of carbonyl (C=O) groups excluding carboxylic acids is 2. The molecule has 3 aromatic rings. The van der Waals surface area contributed by atoms with Gasteiger partial charge in [-0.1, -0.05) is 6.07 Å². The van der Waals surface area contributed by atoms with E-state index >= 15 is 0 Å². The average molecular weight is 524 g/mol. The highest BCUT2D eigenvalue weighted by Crippen LogP contribution is 2.30. The first kappa shape index (κ1) is 25.9. The van der Waals surface area contributed by atoms with Crippen molar-refractivity contribution in [1.29, 1.82) is 0 Å². The molecule has 1 aromatic heterocycles. The second-order valence-electron chi connectivity index (χ2n) is 8.36. The van der Waals surface area contributed by atoms with Crippen molar-refractivity contribution in [3.05, 3.63) is 92.2 Å². The number of aromatic nitrogens is 2. The first-order valence-corrected chi connectivity index (χ1v) is 10.8. The molecule has 2 heterocycles.